The van der Waals surface area contributed by atoms with E-state index < -0.39 is 33.8 Å². The summed E-state index contributed by atoms with van der Waals surface area (Å²) >= 11 is 0. The topological polar surface area (TPSA) is 27.7 Å². The molecule has 3 nitrogen and oxygen atoms in total. The van der Waals surface area contributed by atoms with Crippen LogP contribution >= 0.6 is 0 Å². The van der Waals surface area contributed by atoms with Gasteiger partial charge < -0.3 is 12.3 Å². The van der Waals surface area contributed by atoms with Gasteiger partial charge in [0.1, 0.15) is 0 Å². The third-order valence-electron chi connectivity index (χ3n) is 3.70. The lowest BCUT2D eigenvalue weighted by molar-refractivity contribution is 0.343. The second kappa shape index (κ2) is 10.5. The fourth-order valence-corrected chi connectivity index (χ4v) is 20.0. The molecule has 0 N–H and O–H groups in total. The van der Waals surface area contributed by atoms with Gasteiger partial charge in [0, 0.05) is 0 Å². The van der Waals surface area contributed by atoms with Gasteiger partial charge >= 0.3 is 17.1 Å². The van der Waals surface area contributed by atoms with Gasteiger partial charge in [0.15, 0.2) is 16.6 Å². The van der Waals surface area contributed by atoms with Crippen LogP contribution in [-0.2, 0) is 12.3 Å². The Morgan fingerprint density at radius 2 is 0.828 bits per heavy atom. The van der Waals surface area contributed by atoms with Gasteiger partial charge in [-0.3, -0.25) is 0 Å². The summed E-state index contributed by atoms with van der Waals surface area (Å²) in [7, 11) is -8.96. The van der Waals surface area contributed by atoms with Crippen molar-refractivity contribution in [3.63, 3.8) is 0 Å². The van der Waals surface area contributed by atoms with Crippen LogP contribution in [0.2, 0.25) is 52.4 Å². The second-order valence-corrected chi connectivity index (χ2v) is 25.4. The Morgan fingerprint density at radius 1 is 0.483 bits per heavy atom. The van der Waals surface area contributed by atoms with Crippen molar-refractivity contribution in [3.05, 3.63) is 60.7 Å². The summed E-state index contributed by atoms with van der Waals surface area (Å²) in [5.41, 5.74) is 0. The van der Waals surface area contributed by atoms with Crippen molar-refractivity contribution in [2.24, 2.45) is 0 Å². The summed E-state index contributed by atoms with van der Waals surface area (Å²) in [5, 5.41) is 2.30. The molecule has 0 aliphatic carbocycles. The minimum Gasteiger partial charge on any atom is -0.437 e. The second-order valence-electron chi connectivity index (χ2n) is 9.28. The van der Waals surface area contributed by atoms with E-state index in [1.54, 1.807) is 0 Å². The molecule has 0 bridgehead atoms. The highest BCUT2D eigenvalue weighted by Crippen LogP contribution is 2.24. The number of benzene rings is 2. The summed E-state index contributed by atoms with van der Waals surface area (Å²) < 4.78 is 20.6. The Kier molecular flexibility index (Phi) is 10.2. The lowest BCUT2D eigenvalue weighted by Gasteiger charge is -2.43. The molecule has 29 heavy (non-hydrogen) atoms. The number of rotatable bonds is 8. The van der Waals surface area contributed by atoms with Crippen LogP contribution in [0.15, 0.2) is 60.7 Å². The first kappa shape index (κ1) is 28.2. The molecule has 2 aromatic rings. The maximum Gasteiger partial charge on any atom is 0.388 e. The monoisotopic (exact) mass is 466 g/mol. The average molecular weight is 467 g/mol. The maximum absolute atomic E-state index is 7.05. The van der Waals surface area contributed by atoms with E-state index in [0.29, 0.717) is 0 Å². The Bertz CT molecular complexity index is 684. The zero-order valence-corrected chi connectivity index (χ0v) is 22.0. The summed E-state index contributed by atoms with van der Waals surface area (Å²) in [6.45, 7) is 17.7. The third kappa shape index (κ3) is 8.45. The van der Waals surface area contributed by atoms with E-state index in [-0.39, 0.29) is 14.9 Å². The molecule has 0 saturated heterocycles. The van der Waals surface area contributed by atoms with Crippen molar-refractivity contribution < 1.29 is 12.3 Å². The third-order valence-corrected chi connectivity index (χ3v) is 17.0. The molecule has 0 spiro atoms. The minimum absolute atomic E-state index is 0. The lowest BCUT2D eigenvalue weighted by atomic mass is 10.4. The van der Waals surface area contributed by atoms with E-state index in [0.717, 1.165) is 10.4 Å². The van der Waals surface area contributed by atoms with Crippen LogP contribution in [0.3, 0.4) is 0 Å². The highest BCUT2D eigenvalue weighted by atomic mass is 28.5. The molecule has 0 radical (unpaired) electrons. The Balaban J connectivity index is 0.00000392. The molecule has 7 heteroatoms. The van der Waals surface area contributed by atoms with Crippen molar-refractivity contribution in [3.8, 4) is 0 Å². The summed E-state index contributed by atoms with van der Waals surface area (Å²) in [6.07, 6.45) is 0. The van der Waals surface area contributed by atoms with Crippen LogP contribution in [0.4, 0.5) is 0 Å². The van der Waals surface area contributed by atoms with Crippen molar-refractivity contribution in [1.29, 1.82) is 0 Å². The molecule has 0 aliphatic heterocycles. The predicted molar refractivity (Wildman–Crippen MR) is 139 cm³/mol. The van der Waals surface area contributed by atoms with Gasteiger partial charge in [-0.05, 0) is 62.7 Å². The molecular formula is C22H42O3Si4. The average Bonchev–Trinajstić information content (AvgIpc) is 2.52. The van der Waals surface area contributed by atoms with Crippen LogP contribution in [0, 0.1) is 0 Å². The Hall–Kier alpha value is -0.812. The van der Waals surface area contributed by atoms with Gasteiger partial charge in [0.25, 0.3) is 0 Å². The van der Waals surface area contributed by atoms with E-state index in [2.05, 4.69) is 101 Å². The molecule has 164 valence electrons. The van der Waals surface area contributed by atoms with E-state index in [1.807, 2.05) is 12.1 Å². The summed E-state index contributed by atoms with van der Waals surface area (Å²) in [6, 6.07) is 21.0. The first-order valence-corrected chi connectivity index (χ1v) is 21.0. The normalized spacial score (nSPS) is 12.7. The number of hydrogen-bond acceptors (Lipinski definition) is 3. The molecule has 0 amide bonds. The first-order valence-electron chi connectivity index (χ1n) is 9.55. The lowest BCUT2D eigenvalue weighted by Crippen LogP contribution is -2.71. The van der Waals surface area contributed by atoms with E-state index in [9.17, 15) is 0 Å². The van der Waals surface area contributed by atoms with Gasteiger partial charge in [0.2, 0.25) is 0 Å². The molecule has 0 fully saturated rings. The highest BCUT2D eigenvalue weighted by Gasteiger charge is 2.50. The quantitative estimate of drug-likeness (QED) is 0.451. The fourth-order valence-electron chi connectivity index (χ4n) is 3.27. The minimum atomic E-state index is -2.90. The molecular weight excluding hydrogens is 425 g/mol. The van der Waals surface area contributed by atoms with E-state index >= 15 is 0 Å². The largest absolute Gasteiger partial charge is 0.437 e. The van der Waals surface area contributed by atoms with E-state index in [1.165, 1.54) is 0 Å². The predicted octanol–water partition coefficient (Wildman–Crippen LogP) is 5.94. The molecule has 0 aliphatic rings. The molecule has 0 atom stereocenters. The highest BCUT2D eigenvalue weighted by molar-refractivity contribution is 7.02. The zero-order valence-electron chi connectivity index (χ0n) is 18.0. The summed E-state index contributed by atoms with van der Waals surface area (Å²) in [4.78, 5) is 0. The van der Waals surface area contributed by atoms with Gasteiger partial charge in [0.05, 0.1) is 0 Å². The summed E-state index contributed by atoms with van der Waals surface area (Å²) in [5.74, 6) is 0. The smallest absolute Gasteiger partial charge is 0.388 e. The van der Waals surface area contributed by atoms with Crippen molar-refractivity contribution >= 4 is 44.1 Å². The van der Waals surface area contributed by atoms with Gasteiger partial charge in [-0.25, -0.2) is 0 Å². The first-order chi connectivity index (χ1) is 12.3. The standard InChI is InChI=1S/C20H34O3Si4.2CH4/c1-24(2,3)21-26(7,8)23-27(22-25(4,5)6,19-15-11-9-12-16-19)20-17-13-10-14-18-20;;/h9-18H,1-8H3;2*1H4. The van der Waals surface area contributed by atoms with Crippen molar-refractivity contribution in [2.45, 2.75) is 67.2 Å². The molecule has 2 rings (SSSR count). The molecule has 0 unspecified atom stereocenters. The van der Waals surface area contributed by atoms with Crippen LogP contribution in [-0.4, -0.2) is 33.8 Å². The number of hydrogen-bond donors (Lipinski definition) is 0. The van der Waals surface area contributed by atoms with Crippen LogP contribution < -0.4 is 10.4 Å². The maximum atomic E-state index is 7.05. The van der Waals surface area contributed by atoms with Gasteiger partial charge in [-0.1, -0.05) is 75.5 Å². The zero-order chi connectivity index (χ0) is 20.3. The fraction of sp³-hybridized carbons (Fsp3) is 0.455. The van der Waals surface area contributed by atoms with E-state index in [4.69, 9.17) is 12.3 Å². The SMILES string of the molecule is C.C.C[Si](C)(C)O[Si](C)(C)O[Si](O[Si](C)(C)C)(c1ccccc1)c1ccccc1. The molecule has 0 aromatic heterocycles. The van der Waals surface area contributed by atoms with Crippen LogP contribution in [0.5, 0.6) is 0 Å². The molecule has 0 saturated carbocycles. The Labute approximate surface area is 184 Å². The van der Waals surface area contributed by atoms with Crippen molar-refractivity contribution in [1.82, 2.24) is 0 Å². The molecule has 2 aromatic carbocycles. The Morgan fingerprint density at radius 3 is 1.14 bits per heavy atom. The van der Waals surface area contributed by atoms with Crippen LogP contribution in [0.1, 0.15) is 14.9 Å². The molecule has 0 heterocycles. The van der Waals surface area contributed by atoms with Gasteiger partial charge in [-0.2, -0.15) is 0 Å². The van der Waals surface area contributed by atoms with Crippen molar-refractivity contribution in [2.75, 3.05) is 0 Å². The van der Waals surface area contributed by atoms with Gasteiger partial charge in [-0.15, -0.1) is 0 Å². The van der Waals surface area contributed by atoms with Crippen LogP contribution in [0.25, 0.3) is 0 Å².